The summed E-state index contributed by atoms with van der Waals surface area (Å²) in [5, 5.41) is 7.04. The molecule has 0 amide bonds. The second kappa shape index (κ2) is 12.5. The maximum Gasteiger partial charge on any atom is 0.135 e. The zero-order chi connectivity index (χ0) is 34.4. The average Bonchev–Trinajstić information content (AvgIpc) is 3.60. The molecule has 0 radical (unpaired) electrons. The van der Waals surface area contributed by atoms with Crippen molar-refractivity contribution < 1.29 is 4.42 Å². The number of fused-ring (bicyclic) bond motifs is 6. The van der Waals surface area contributed by atoms with E-state index in [0.29, 0.717) is 0 Å². The Morgan fingerprint density at radius 2 is 0.904 bits per heavy atom. The minimum atomic E-state index is 0.876. The lowest BCUT2D eigenvalue weighted by molar-refractivity contribution is 0.669. The monoisotopic (exact) mass is 663 g/mol. The van der Waals surface area contributed by atoms with E-state index in [1.54, 1.807) is 0 Å². The average molecular weight is 664 g/mol. The Balaban J connectivity index is 1.35. The molecule has 9 aromatic carbocycles. The first-order chi connectivity index (χ1) is 25.8. The SMILES string of the molecule is c1ccc(-c2ccccc2-c2c(-c3ccccc3)cccc2N(c2ccc3oc4ccccc4c3c2)c2cc3ccccc3c3ccccc23)cc1. The fourth-order valence-corrected chi connectivity index (χ4v) is 7.92. The Hall–Kier alpha value is -6.90. The summed E-state index contributed by atoms with van der Waals surface area (Å²) in [7, 11) is 0. The molecule has 1 heterocycles. The molecule has 10 aromatic rings. The summed E-state index contributed by atoms with van der Waals surface area (Å²) in [4.78, 5) is 2.47. The summed E-state index contributed by atoms with van der Waals surface area (Å²) in [6.07, 6.45) is 0. The maximum atomic E-state index is 6.34. The van der Waals surface area contributed by atoms with Gasteiger partial charge in [0.2, 0.25) is 0 Å². The molecule has 1 aromatic heterocycles. The van der Waals surface area contributed by atoms with Crippen LogP contribution in [0.15, 0.2) is 205 Å². The molecular formula is C50H33NO. The summed E-state index contributed by atoms with van der Waals surface area (Å²) in [6, 6.07) is 71.9. The molecule has 0 saturated heterocycles. The molecule has 244 valence electrons. The second-order valence-electron chi connectivity index (χ2n) is 13.3. The molecule has 52 heavy (non-hydrogen) atoms. The molecule has 0 saturated carbocycles. The van der Waals surface area contributed by atoms with Crippen molar-refractivity contribution >= 4 is 60.5 Å². The highest BCUT2D eigenvalue weighted by atomic mass is 16.3. The Kier molecular flexibility index (Phi) is 7.18. The van der Waals surface area contributed by atoms with E-state index < -0.39 is 0 Å². The van der Waals surface area contributed by atoms with Crippen molar-refractivity contribution in [1.29, 1.82) is 0 Å². The molecule has 2 nitrogen and oxygen atoms in total. The maximum absolute atomic E-state index is 6.34. The van der Waals surface area contributed by atoms with E-state index in [0.717, 1.165) is 39.0 Å². The van der Waals surface area contributed by atoms with Crippen LogP contribution in [0.4, 0.5) is 17.1 Å². The van der Waals surface area contributed by atoms with Gasteiger partial charge in [0, 0.05) is 27.4 Å². The van der Waals surface area contributed by atoms with Crippen LogP contribution in [-0.4, -0.2) is 0 Å². The van der Waals surface area contributed by atoms with Crippen molar-refractivity contribution in [3.05, 3.63) is 200 Å². The van der Waals surface area contributed by atoms with Crippen molar-refractivity contribution in [2.24, 2.45) is 0 Å². The van der Waals surface area contributed by atoms with Crippen LogP contribution in [0.5, 0.6) is 0 Å². The number of anilines is 3. The van der Waals surface area contributed by atoms with Crippen LogP contribution in [0, 0.1) is 0 Å². The quantitative estimate of drug-likeness (QED) is 0.165. The lowest BCUT2D eigenvalue weighted by atomic mass is 9.87. The third-order valence-corrected chi connectivity index (χ3v) is 10.3. The fourth-order valence-electron chi connectivity index (χ4n) is 7.92. The van der Waals surface area contributed by atoms with Crippen LogP contribution in [0.2, 0.25) is 0 Å². The van der Waals surface area contributed by atoms with Crippen LogP contribution >= 0.6 is 0 Å². The lowest BCUT2D eigenvalue weighted by Gasteiger charge is -2.31. The number of nitrogens with zero attached hydrogens (tertiary/aromatic N) is 1. The third kappa shape index (κ3) is 4.96. The van der Waals surface area contributed by atoms with Gasteiger partial charge in [-0.2, -0.15) is 0 Å². The van der Waals surface area contributed by atoms with E-state index in [1.165, 1.54) is 54.9 Å². The number of benzene rings is 9. The number of rotatable bonds is 6. The summed E-state index contributed by atoms with van der Waals surface area (Å²) < 4.78 is 6.34. The minimum absolute atomic E-state index is 0.876. The van der Waals surface area contributed by atoms with E-state index in [-0.39, 0.29) is 0 Å². The van der Waals surface area contributed by atoms with Crippen LogP contribution in [0.25, 0.3) is 76.9 Å². The molecule has 0 spiro atoms. The van der Waals surface area contributed by atoms with Crippen LogP contribution in [0.3, 0.4) is 0 Å². The molecule has 0 aliphatic rings. The van der Waals surface area contributed by atoms with Crippen molar-refractivity contribution in [2.45, 2.75) is 0 Å². The predicted octanol–water partition coefficient (Wildman–Crippen LogP) is 14.4. The van der Waals surface area contributed by atoms with Crippen molar-refractivity contribution in [3.63, 3.8) is 0 Å². The van der Waals surface area contributed by atoms with Crippen LogP contribution in [-0.2, 0) is 0 Å². The number of hydrogen-bond donors (Lipinski definition) is 0. The second-order valence-corrected chi connectivity index (χ2v) is 13.3. The van der Waals surface area contributed by atoms with Gasteiger partial charge in [0.1, 0.15) is 11.2 Å². The molecule has 0 fully saturated rings. The number of furan rings is 1. The molecule has 0 aliphatic carbocycles. The van der Waals surface area contributed by atoms with Gasteiger partial charge in [0.15, 0.2) is 0 Å². The first kappa shape index (κ1) is 30.0. The highest BCUT2D eigenvalue weighted by Crippen LogP contribution is 2.50. The van der Waals surface area contributed by atoms with Gasteiger partial charge in [-0.25, -0.2) is 0 Å². The van der Waals surface area contributed by atoms with Gasteiger partial charge < -0.3 is 9.32 Å². The van der Waals surface area contributed by atoms with Gasteiger partial charge in [-0.15, -0.1) is 0 Å². The highest BCUT2D eigenvalue weighted by Gasteiger charge is 2.25. The van der Waals surface area contributed by atoms with Gasteiger partial charge in [-0.3, -0.25) is 0 Å². The first-order valence-electron chi connectivity index (χ1n) is 17.8. The molecule has 0 unspecified atom stereocenters. The molecule has 0 aliphatic heterocycles. The zero-order valence-electron chi connectivity index (χ0n) is 28.4. The number of hydrogen-bond acceptors (Lipinski definition) is 2. The van der Waals surface area contributed by atoms with Gasteiger partial charge in [-0.05, 0) is 80.4 Å². The van der Waals surface area contributed by atoms with Crippen molar-refractivity contribution in [3.8, 4) is 33.4 Å². The normalized spacial score (nSPS) is 11.5. The van der Waals surface area contributed by atoms with E-state index in [9.17, 15) is 0 Å². The van der Waals surface area contributed by atoms with E-state index in [2.05, 4.69) is 193 Å². The summed E-state index contributed by atoms with van der Waals surface area (Å²) >= 11 is 0. The Morgan fingerprint density at radius 1 is 0.327 bits per heavy atom. The Labute approximate surface area is 302 Å². The van der Waals surface area contributed by atoms with Crippen LogP contribution in [0.1, 0.15) is 0 Å². The standard InChI is InChI=1S/C50H33NO/c1-3-16-34(17-4-1)38-21-9-12-26-44(38)50-40(35-18-5-2-6-19-35)27-15-28-46(50)51(37-30-31-49-45(33-37)43-25-13-14-29-48(43)52-49)47-32-36-20-7-8-22-39(36)41-23-10-11-24-42(41)47/h1-33H. The fraction of sp³-hybridized carbons (Fsp3) is 0. The van der Waals surface area contributed by atoms with Crippen LogP contribution < -0.4 is 4.90 Å². The predicted molar refractivity (Wildman–Crippen MR) is 220 cm³/mol. The van der Waals surface area contributed by atoms with Crippen molar-refractivity contribution in [2.75, 3.05) is 4.90 Å². The van der Waals surface area contributed by atoms with Gasteiger partial charge >= 0.3 is 0 Å². The smallest absolute Gasteiger partial charge is 0.135 e. The molecule has 0 bridgehead atoms. The molecular weight excluding hydrogens is 631 g/mol. The first-order valence-corrected chi connectivity index (χ1v) is 17.8. The highest BCUT2D eigenvalue weighted by molar-refractivity contribution is 6.16. The molecule has 0 N–H and O–H groups in total. The van der Waals surface area contributed by atoms with E-state index in [1.807, 2.05) is 12.1 Å². The van der Waals surface area contributed by atoms with Gasteiger partial charge in [-0.1, -0.05) is 164 Å². The zero-order valence-corrected chi connectivity index (χ0v) is 28.4. The van der Waals surface area contributed by atoms with E-state index >= 15 is 0 Å². The molecule has 2 heteroatoms. The Bertz CT molecular complexity index is 2910. The Morgan fingerprint density at radius 3 is 1.69 bits per heavy atom. The minimum Gasteiger partial charge on any atom is -0.456 e. The third-order valence-electron chi connectivity index (χ3n) is 10.3. The summed E-state index contributed by atoms with van der Waals surface area (Å²) in [5.41, 5.74) is 12.1. The largest absolute Gasteiger partial charge is 0.456 e. The topological polar surface area (TPSA) is 16.4 Å². The number of para-hydroxylation sites is 1. The summed E-state index contributed by atoms with van der Waals surface area (Å²) in [6.45, 7) is 0. The van der Waals surface area contributed by atoms with Gasteiger partial charge in [0.25, 0.3) is 0 Å². The van der Waals surface area contributed by atoms with E-state index in [4.69, 9.17) is 4.42 Å². The van der Waals surface area contributed by atoms with Crippen molar-refractivity contribution in [1.82, 2.24) is 0 Å². The summed E-state index contributed by atoms with van der Waals surface area (Å²) in [5.74, 6) is 0. The van der Waals surface area contributed by atoms with Gasteiger partial charge in [0.05, 0.1) is 11.4 Å². The molecule has 10 rings (SSSR count). The lowest BCUT2D eigenvalue weighted by Crippen LogP contribution is -2.12. The molecule has 0 atom stereocenters.